The normalized spacial score (nSPS) is 20.1. The molecule has 1 atom stereocenters. The molecule has 1 saturated carbocycles. The molecule has 1 amide bonds. The summed E-state index contributed by atoms with van der Waals surface area (Å²) in [7, 11) is 1.36. The van der Waals surface area contributed by atoms with Crippen molar-refractivity contribution in [3.05, 3.63) is 35.6 Å². The van der Waals surface area contributed by atoms with Gasteiger partial charge in [0.15, 0.2) is 0 Å². The van der Waals surface area contributed by atoms with Crippen LogP contribution in [0, 0.1) is 5.82 Å². The fourth-order valence-electron chi connectivity index (χ4n) is 3.14. The lowest BCUT2D eigenvalue weighted by Crippen LogP contribution is -2.51. The van der Waals surface area contributed by atoms with Gasteiger partial charge in [0.1, 0.15) is 11.9 Å². The number of carbonyl (C=O) groups excluding carboxylic acids is 2. The van der Waals surface area contributed by atoms with Crippen molar-refractivity contribution in [3.8, 4) is 0 Å². The van der Waals surface area contributed by atoms with Gasteiger partial charge in [0.2, 0.25) is 5.91 Å². The van der Waals surface area contributed by atoms with Crippen molar-refractivity contribution in [1.29, 1.82) is 0 Å². The highest BCUT2D eigenvalue weighted by Gasteiger charge is 2.32. The van der Waals surface area contributed by atoms with Crippen LogP contribution in [-0.2, 0) is 14.3 Å². The number of ether oxygens (including phenoxy) is 1. The average molecular weight is 349 g/mol. The summed E-state index contributed by atoms with van der Waals surface area (Å²) in [5, 5.41) is 2.99. The molecule has 1 saturated heterocycles. The molecule has 0 radical (unpaired) electrons. The summed E-state index contributed by atoms with van der Waals surface area (Å²) in [6.07, 6.45) is 2.16. The molecule has 7 heteroatoms. The Balaban J connectivity index is 1.58. The van der Waals surface area contributed by atoms with E-state index in [1.165, 1.54) is 19.2 Å². The number of nitrogens with zero attached hydrogens (tertiary/aromatic N) is 2. The Labute approximate surface area is 146 Å². The molecule has 1 N–H and O–H groups in total. The molecule has 1 heterocycles. The van der Waals surface area contributed by atoms with Gasteiger partial charge >= 0.3 is 5.97 Å². The van der Waals surface area contributed by atoms with Crippen LogP contribution in [0.5, 0.6) is 0 Å². The van der Waals surface area contributed by atoms with Gasteiger partial charge in [0, 0.05) is 32.2 Å². The van der Waals surface area contributed by atoms with Gasteiger partial charge in [-0.3, -0.25) is 14.6 Å². The van der Waals surface area contributed by atoms with Crippen LogP contribution in [0.25, 0.3) is 0 Å². The van der Waals surface area contributed by atoms with Crippen LogP contribution in [0.1, 0.15) is 24.4 Å². The number of nitrogens with one attached hydrogen (secondary N) is 1. The van der Waals surface area contributed by atoms with Crippen LogP contribution in [0.2, 0.25) is 0 Å². The largest absolute Gasteiger partial charge is 0.468 e. The van der Waals surface area contributed by atoms with Crippen LogP contribution in [0.3, 0.4) is 0 Å². The van der Waals surface area contributed by atoms with Gasteiger partial charge in [0.05, 0.1) is 13.7 Å². The summed E-state index contributed by atoms with van der Waals surface area (Å²) >= 11 is 0. The van der Waals surface area contributed by atoms with E-state index in [0.717, 1.165) is 12.8 Å². The molecular weight excluding hydrogens is 325 g/mol. The van der Waals surface area contributed by atoms with Gasteiger partial charge in [-0.05, 0) is 30.5 Å². The molecule has 0 bridgehead atoms. The smallest absolute Gasteiger partial charge is 0.327 e. The number of hydrogen-bond acceptors (Lipinski definition) is 5. The molecule has 1 aromatic rings. The lowest BCUT2D eigenvalue weighted by molar-refractivity contribution is -0.148. The third-order valence-corrected chi connectivity index (χ3v) is 4.69. The molecule has 1 aromatic carbocycles. The predicted octanol–water partition coefficient (Wildman–Crippen LogP) is 0.936. The Morgan fingerprint density at radius 1 is 1.20 bits per heavy atom. The number of methoxy groups -OCH3 is 1. The van der Waals surface area contributed by atoms with Crippen molar-refractivity contribution in [2.45, 2.75) is 24.9 Å². The van der Waals surface area contributed by atoms with Crippen molar-refractivity contribution in [2.24, 2.45) is 0 Å². The van der Waals surface area contributed by atoms with E-state index in [2.05, 4.69) is 10.2 Å². The van der Waals surface area contributed by atoms with E-state index in [-0.39, 0.29) is 17.7 Å². The van der Waals surface area contributed by atoms with Crippen LogP contribution in [0.4, 0.5) is 4.39 Å². The molecule has 0 spiro atoms. The van der Waals surface area contributed by atoms with Crippen molar-refractivity contribution in [2.75, 3.05) is 39.8 Å². The zero-order chi connectivity index (χ0) is 17.8. The minimum Gasteiger partial charge on any atom is -0.468 e. The van der Waals surface area contributed by atoms with E-state index in [1.807, 2.05) is 4.90 Å². The second-order valence-corrected chi connectivity index (χ2v) is 6.63. The van der Waals surface area contributed by atoms with E-state index in [9.17, 15) is 14.0 Å². The summed E-state index contributed by atoms with van der Waals surface area (Å²) in [4.78, 5) is 28.3. The minimum absolute atomic E-state index is 0.0685. The zero-order valence-corrected chi connectivity index (χ0v) is 14.4. The molecule has 2 aliphatic rings. The second-order valence-electron chi connectivity index (χ2n) is 6.63. The molecule has 1 aliphatic carbocycles. The first kappa shape index (κ1) is 17.8. The molecule has 3 rings (SSSR count). The lowest BCUT2D eigenvalue weighted by atomic mass is 10.0. The maximum absolute atomic E-state index is 13.2. The van der Waals surface area contributed by atoms with Crippen LogP contribution < -0.4 is 5.32 Å². The van der Waals surface area contributed by atoms with Gasteiger partial charge in [-0.2, -0.15) is 0 Å². The summed E-state index contributed by atoms with van der Waals surface area (Å²) in [6.45, 7) is 3.09. The number of esters is 1. The molecule has 6 nitrogen and oxygen atoms in total. The Morgan fingerprint density at radius 2 is 1.84 bits per heavy atom. The van der Waals surface area contributed by atoms with E-state index >= 15 is 0 Å². The highest BCUT2D eigenvalue weighted by Crippen LogP contribution is 2.24. The molecule has 25 heavy (non-hydrogen) atoms. The van der Waals surface area contributed by atoms with Crippen molar-refractivity contribution < 1.29 is 18.7 Å². The number of carbonyl (C=O) groups is 2. The van der Waals surface area contributed by atoms with Crippen molar-refractivity contribution in [3.63, 3.8) is 0 Å². The summed E-state index contributed by atoms with van der Waals surface area (Å²) in [5.74, 6) is -0.621. The third kappa shape index (κ3) is 4.76. The Kier molecular flexibility index (Phi) is 5.65. The van der Waals surface area contributed by atoms with Crippen LogP contribution in [0.15, 0.2) is 24.3 Å². The quantitative estimate of drug-likeness (QED) is 0.775. The number of halogens is 1. The first-order chi connectivity index (χ1) is 12.1. The second kappa shape index (κ2) is 7.93. The number of piperazine rings is 1. The topological polar surface area (TPSA) is 61.9 Å². The Hall–Kier alpha value is -1.99. The summed E-state index contributed by atoms with van der Waals surface area (Å²) in [6, 6.07) is 5.76. The standard InChI is InChI=1S/C18H24FN3O3/c1-25-18(24)17(13-2-4-14(19)5-3-13)22-10-8-21(9-11-22)12-16(23)20-15-6-7-15/h2-5,15,17H,6-12H2,1H3,(H,20,23)/t17-/m0/s1. The minimum atomic E-state index is -0.548. The fourth-order valence-corrected chi connectivity index (χ4v) is 3.14. The number of rotatable bonds is 6. The first-order valence-corrected chi connectivity index (χ1v) is 8.66. The van der Waals surface area contributed by atoms with E-state index < -0.39 is 6.04 Å². The highest BCUT2D eigenvalue weighted by atomic mass is 19.1. The molecular formula is C18H24FN3O3. The van der Waals surface area contributed by atoms with Crippen LogP contribution >= 0.6 is 0 Å². The lowest BCUT2D eigenvalue weighted by Gasteiger charge is -2.38. The van der Waals surface area contributed by atoms with Crippen molar-refractivity contribution >= 4 is 11.9 Å². The van der Waals surface area contributed by atoms with Gasteiger partial charge in [-0.1, -0.05) is 12.1 Å². The number of amides is 1. The van der Waals surface area contributed by atoms with E-state index in [1.54, 1.807) is 12.1 Å². The maximum Gasteiger partial charge on any atom is 0.327 e. The summed E-state index contributed by atoms with van der Waals surface area (Å²) < 4.78 is 18.1. The van der Waals surface area contributed by atoms with E-state index in [4.69, 9.17) is 4.74 Å². The highest BCUT2D eigenvalue weighted by molar-refractivity contribution is 5.79. The summed E-state index contributed by atoms with van der Waals surface area (Å²) in [5.41, 5.74) is 0.716. The monoisotopic (exact) mass is 349 g/mol. The molecule has 0 unspecified atom stereocenters. The Bertz CT molecular complexity index is 610. The average Bonchev–Trinajstić information content (AvgIpc) is 3.42. The molecule has 136 valence electrons. The third-order valence-electron chi connectivity index (χ3n) is 4.69. The van der Waals surface area contributed by atoms with Gasteiger partial charge < -0.3 is 10.1 Å². The Morgan fingerprint density at radius 3 is 2.40 bits per heavy atom. The molecule has 0 aromatic heterocycles. The van der Waals surface area contributed by atoms with Gasteiger partial charge in [0.25, 0.3) is 0 Å². The zero-order valence-electron chi connectivity index (χ0n) is 14.4. The van der Waals surface area contributed by atoms with Gasteiger partial charge in [-0.25, -0.2) is 9.18 Å². The molecule has 2 fully saturated rings. The SMILES string of the molecule is COC(=O)[C@H](c1ccc(F)cc1)N1CCN(CC(=O)NC2CC2)CC1. The fraction of sp³-hybridized carbons (Fsp3) is 0.556. The van der Waals surface area contributed by atoms with Crippen molar-refractivity contribution in [1.82, 2.24) is 15.1 Å². The maximum atomic E-state index is 13.2. The number of benzene rings is 1. The first-order valence-electron chi connectivity index (χ1n) is 8.66. The molecule has 1 aliphatic heterocycles. The van der Waals surface area contributed by atoms with E-state index in [0.29, 0.717) is 44.3 Å². The van der Waals surface area contributed by atoms with Gasteiger partial charge in [-0.15, -0.1) is 0 Å². The predicted molar refractivity (Wildman–Crippen MR) is 90.3 cm³/mol. The van der Waals surface area contributed by atoms with Crippen LogP contribution in [-0.4, -0.2) is 67.6 Å². The number of hydrogen-bond donors (Lipinski definition) is 1.